The van der Waals surface area contributed by atoms with Crippen LogP contribution in [0, 0.1) is 0 Å². The summed E-state index contributed by atoms with van der Waals surface area (Å²) < 4.78 is 10.6. The Morgan fingerprint density at radius 3 is 2.55 bits per heavy atom. The highest BCUT2D eigenvalue weighted by molar-refractivity contribution is 6.27. The molecule has 3 heteroatoms. The van der Waals surface area contributed by atoms with Gasteiger partial charge < -0.3 is 9.16 Å². The van der Waals surface area contributed by atoms with Crippen LogP contribution in [0.3, 0.4) is 0 Å². The van der Waals surface area contributed by atoms with Crippen LogP contribution in [-0.4, -0.2) is 22.2 Å². The molecule has 0 aromatic rings. The summed E-state index contributed by atoms with van der Waals surface area (Å²) in [6, 6.07) is 1.02. The number of rotatable bonds is 5. The van der Waals surface area contributed by atoms with Crippen LogP contribution in [0.4, 0.5) is 0 Å². The Morgan fingerprint density at radius 1 is 1.45 bits per heavy atom. The largest absolute Gasteiger partial charge is 0.402 e. The van der Waals surface area contributed by atoms with Crippen molar-refractivity contribution in [2.75, 3.05) is 6.79 Å². The quantitative estimate of drug-likeness (QED) is 0.272. The highest BCUT2D eigenvalue weighted by Gasteiger charge is 2.08. The predicted octanol–water partition coefficient (Wildman–Crippen LogP) is 1.46. The Morgan fingerprint density at radius 2 is 2.09 bits per heavy atom. The molecule has 0 aliphatic rings. The smallest absolute Gasteiger partial charge is 0.168 e. The molecule has 0 aromatic heterocycles. The molecule has 0 saturated heterocycles. The lowest BCUT2D eigenvalue weighted by atomic mass is 10.2. The summed E-state index contributed by atoms with van der Waals surface area (Å²) in [6.07, 6.45) is 1.89. The van der Waals surface area contributed by atoms with Gasteiger partial charge in [-0.25, -0.2) is 0 Å². The Kier molecular flexibility index (Phi) is 5.46. The van der Waals surface area contributed by atoms with Crippen molar-refractivity contribution < 1.29 is 9.16 Å². The van der Waals surface area contributed by atoms with E-state index >= 15 is 0 Å². The van der Waals surface area contributed by atoms with Crippen LogP contribution in [0.25, 0.3) is 0 Å². The summed E-state index contributed by atoms with van der Waals surface area (Å²) in [4.78, 5) is 0. The summed E-state index contributed by atoms with van der Waals surface area (Å²) >= 11 is 0. The molecule has 0 aromatic carbocycles. The van der Waals surface area contributed by atoms with E-state index in [1.807, 2.05) is 26.8 Å². The van der Waals surface area contributed by atoms with Crippen LogP contribution in [0.2, 0.25) is 6.04 Å². The predicted molar refractivity (Wildman–Crippen MR) is 50.3 cm³/mol. The average molecular weight is 174 g/mol. The molecule has 0 N–H and O–H groups in total. The fourth-order valence-electron chi connectivity index (χ4n) is 0.444. The van der Waals surface area contributed by atoms with E-state index in [0.29, 0.717) is 6.79 Å². The molecule has 0 aliphatic carbocycles. The van der Waals surface area contributed by atoms with Crippen LogP contribution < -0.4 is 0 Å². The number of ether oxygens (including phenoxy) is 1. The van der Waals surface area contributed by atoms with Crippen molar-refractivity contribution in [1.82, 2.24) is 0 Å². The van der Waals surface area contributed by atoms with Gasteiger partial charge in [0, 0.05) is 0 Å². The van der Waals surface area contributed by atoms with E-state index in [-0.39, 0.29) is 5.60 Å². The second-order valence-electron chi connectivity index (χ2n) is 3.36. The molecule has 0 unspecified atom stereocenters. The Hall–Kier alpha value is -0.123. The topological polar surface area (TPSA) is 18.5 Å². The zero-order chi connectivity index (χ0) is 8.74. The van der Waals surface area contributed by atoms with E-state index in [1.165, 1.54) is 0 Å². The van der Waals surface area contributed by atoms with E-state index in [4.69, 9.17) is 9.16 Å². The fraction of sp³-hybridized carbons (Fsp3) is 0.750. The van der Waals surface area contributed by atoms with Crippen molar-refractivity contribution in [3.8, 4) is 0 Å². The summed E-state index contributed by atoms with van der Waals surface area (Å²) in [5, 5.41) is 0. The molecular weight excluding hydrogens is 156 g/mol. The minimum Gasteiger partial charge on any atom is -0.402 e. The first kappa shape index (κ1) is 10.9. The van der Waals surface area contributed by atoms with Crippen molar-refractivity contribution in [1.29, 1.82) is 0 Å². The van der Waals surface area contributed by atoms with Gasteiger partial charge in [0.25, 0.3) is 0 Å². The zero-order valence-electron chi connectivity index (χ0n) is 7.72. The van der Waals surface area contributed by atoms with Gasteiger partial charge in [0.1, 0.15) is 6.79 Å². The van der Waals surface area contributed by atoms with Gasteiger partial charge in [0.2, 0.25) is 0 Å². The van der Waals surface area contributed by atoms with Gasteiger partial charge >= 0.3 is 0 Å². The van der Waals surface area contributed by atoms with Crippen molar-refractivity contribution in [3.05, 3.63) is 12.7 Å². The van der Waals surface area contributed by atoms with Gasteiger partial charge in [-0.05, 0) is 26.8 Å². The van der Waals surface area contributed by atoms with Gasteiger partial charge in [-0.2, -0.15) is 0 Å². The molecule has 0 spiro atoms. The highest BCUT2D eigenvalue weighted by atomic mass is 28.2. The third-order valence-electron chi connectivity index (χ3n) is 1.04. The lowest BCUT2D eigenvalue weighted by Crippen LogP contribution is -2.21. The second-order valence-corrected chi connectivity index (χ2v) is 4.75. The summed E-state index contributed by atoms with van der Waals surface area (Å²) in [5.41, 5.74) is -0.0808. The molecule has 66 valence electrons. The van der Waals surface area contributed by atoms with Gasteiger partial charge in [0.15, 0.2) is 9.76 Å². The van der Waals surface area contributed by atoms with Crippen molar-refractivity contribution in [2.45, 2.75) is 32.4 Å². The van der Waals surface area contributed by atoms with Crippen LogP contribution in [-0.2, 0) is 9.16 Å². The molecule has 0 aliphatic heterocycles. The zero-order valence-corrected chi connectivity index (χ0v) is 9.14. The summed E-state index contributed by atoms with van der Waals surface area (Å²) in [7, 11) is -0.401. The van der Waals surface area contributed by atoms with Crippen molar-refractivity contribution in [3.63, 3.8) is 0 Å². The van der Waals surface area contributed by atoms with Gasteiger partial charge in [-0.1, -0.05) is 6.08 Å². The van der Waals surface area contributed by atoms with Crippen LogP contribution in [0.1, 0.15) is 20.8 Å². The second kappa shape index (κ2) is 5.52. The monoisotopic (exact) mass is 174 g/mol. The number of hydrogen-bond acceptors (Lipinski definition) is 2. The van der Waals surface area contributed by atoms with Gasteiger partial charge in [0.05, 0.1) is 5.60 Å². The van der Waals surface area contributed by atoms with Crippen LogP contribution >= 0.6 is 0 Å². The maximum Gasteiger partial charge on any atom is 0.168 e. The van der Waals surface area contributed by atoms with Crippen LogP contribution in [0.15, 0.2) is 12.7 Å². The van der Waals surface area contributed by atoms with Crippen LogP contribution in [0.5, 0.6) is 0 Å². The summed E-state index contributed by atoms with van der Waals surface area (Å²) in [6.45, 7) is 10.1. The minimum atomic E-state index is -0.401. The standard InChI is InChI=1S/C8H18O2Si/c1-5-6-11-10-7-9-8(2,3)4/h5H,1,6-7,11H2,2-4H3. The van der Waals surface area contributed by atoms with Crippen molar-refractivity contribution in [2.24, 2.45) is 0 Å². The molecule has 0 atom stereocenters. The molecule has 0 amide bonds. The molecular formula is C8H18O2Si. The minimum absolute atomic E-state index is 0.0808. The van der Waals surface area contributed by atoms with Gasteiger partial charge in [-0.3, -0.25) is 0 Å². The maximum absolute atomic E-state index is 5.35. The van der Waals surface area contributed by atoms with E-state index in [1.54, 1.807) is 0 Å². The lowest BCUT2D eigenvalue weighted by Gasteiger charge is -2.19. The first-order valence-corrected chi connectivity index (χ1v) is 5.46. The Labute approximate surface area is 71.5 Å². The highest BCUT2D eigenvalue weighted by Crippen LogP contribution is 2.05. The molecule has 0 radical (unpaired) electrons. The molecule has 0 bridgehead atoms. The molecule has 0 fully saturated rings. The van der Waals surface area contributed by atoms with Crippen molar-refractivity contribution >= 4 is 9.76 Å². The Balaban J connectivity index is 3.08. The van der Waals surface area contributed by atoms with E-state index in [0.717, 1.165) is 6.04 Å². The number of hydrogen-bond donors (Lipinski definition) is 0. The molecule has 11 heavy (non-hydrogen) atoms. The first-order chi connectivity index (χ1) is 5.06. The Bertz CT molecular complexity index is 107. The normalized spacial score (nSPS) is 12.6. The maximum atomic E-state index is 5.35. The molecule has 2 nitrogen and oxygen atoms in total. The van der Waals surface area contributed by atoms with Gasteiger partial charge in [-0.15, -0.1) is 6.58 Å². The number of allylic oxidation sites excluding steroid dienone is 1. The third-order valence-corrected chi connectivity index (χ3v) is 2.14. The van der Waals surface area contributed by atoms with E-state index in [2.05, 4.69) is 6.58 Å². The fourth-order valence-corrected chi connectivity index (χ4v) is 0.979. The van der Waals surface area contributed by atoms with E-state index in [9.17, 15) is 0 Å². The summed E-state index contributed by atoms with van der Waals surface area (Å²) in [5.74, 6) is 0. The average Bonchev–Trinajstić information content (AvgIpc) is 1.85. The molecule has 0 saturated carbocycles. The SMILES string of the molecule is C=CC[SiH2]OCOC(C)(C)C. The lowest BCUT2D eigenvalue weighted by molar-refractivity contribution is -0.0753. The van der Waals surface area contributed by atoms with E-state index < -0.39 is 9.76 Å². The first-order valence-electron chi connectivity index (χ1n) is 3.89. The molecule has 0 heterocycles. The third kappa shape index (κ3) is 9.88. The molecule has 0 rings (SSSR count).